The van der Waals surface area contributed by atoms with E-state index in [4.69, 9.17) is 10.5 Å². The van der Waals surface area contributed by atoms with E-state index in [0.29, 0.717) is 12.1 Å². The Labute approximate surface area is 107 Å². The average molecular weight is 242 g/mol. The summed E-state index contributed by atoms with van der Waals surface area (Å²) in [5, 5.41) is 0. The summed E-state index contributed by atoms with van der Waals surface area (Å²) in [5.74, 6) is 0. The van der Waals surface area contributed by atoms with Crippen molar-refractivity contribution >= 4 is 0 Å². The van der Waals surface area contributed by atoms with Gasteiger partial charge in [0.05, 0.1) is 6.10 Å². The number of ether oxygens (including phenoxy) is 1. The predicted molar refractivity (Wildman–Crippen MR) is 73.2 cm³/mol. The third kappa shape index (κ3) is 3.21. The van der Waals surface area contributed by atoms with E-state index in [-0.39, 0.29) is 5.54 Å². The number of likely N-dealkylation sites (N-methyl/N-ethyl adjacent to an activating group) is 1. The molecule has 0 spiro atoms. The third-order valence-electron chi connectivity index (χ3n) is 4.44. The lowest BCUT2D eigenvalue weighted by molar-refractivity contribution is -0.0816. The highest BCUT2D eigenvalue weighted by Gasteiger charge is 2.41. The summed E-state index contributed by atoms with van der Waals surface area (Å²) in [7, 11) is 0. The Bertz CT molecular complexity index is 222. The first-order valence-electron chi connectivity index (χ1n) is 7.21. The van der Waals surface area contributed by atoms with Crippen molar-refractivity contribution in [3.63, 3.8) is 0 Å². The molecule has 0 amide bonds. The van der Waals surface area contributed by atoms with Crippen LogP contribution in [0.3, 0.4) is 0 Å². The molecule has 2 N–H and O–H groups in total. The van der Waals surface area contributed by atoms with Gasteiger partial charge in [0.1, 0.15) is 0 Å². The van der Waals surface area contributed by atoms with Gasteiger partial charge >= 0.3 is 0 Å². The minimum absolute atomic E-state index is 0.170. The van der Waals surface area contributed by atoms with Crippen LogP contribution in [0.25, 0.3) is 0 Å². The summed E-state index contributed by atoms with van der Waals surface area (Å²) in [6.45, 7) is 11.7. The van der Waals surface area contributed by atoms with Crippen LogP contribution in [0.15, 0.2) is 0 Å². The molecule has 0 radical (unpaired) electrons. The molecule has 0 aromatic heterocycles. The van der Waals surface area contributed by atoms with Crippen LogP contribution >= 0.6 is 0 Å². The van der Waals surface area contributed by atoms with Crippen LogP contribution in [0.1, 0.15) is 53.4 Å². The Kier molecular flexibility index (Phi) is 5.90. The van der Waals surface area contributed by atoms with Gasteiger partial charge in [-0.15, -0.1) is 0 Å². The summed E-state index contributed by atoms with van der Waals surface area (Å²) in [5.41, 5.74) is 6.30. The van der Waals surface area contributed by atoms with Crippen LogP contribution in [-0.2, 0) is 4.74 Å². The van der Waals surface area contributed by atoms with Gasteiger partial charge in [-0.25, -0.2) is 0 Å². The monoisotopic (exact) mass is 242 g/mol. The van der Waals surface area contributed by atoms with E-state index in [2.05, 4.69) is 32.6 Å². The van der Waals surface area contributed by atoms with E-state index in [1.165, 1.54) is 6.42 Å². The van der Waals surface area contributed by atoms with Gasteiger partial charge in [-0.2, -0.15) is 0 Å². The number of hydrogen-bond acceptors (Lipinski definition) is 3. The maximum Gasteiger partial charge on any atom is 0.0590 e. The first kappa shape index (κ1) is 14.9. The summed E-state index contributed by atoms with van der Waals surface area (Å²) < 4.78 is 5.81. The normalized spacial score (nSPS) is 31.8. The fourth-order valence-corrected chi connectivity index (χ4v) is 3.16. The van der Waals surface area contributed by atoms with Crippen LogP contribution in [0.4, 0.5) is 0 Å². The van der Waals surface area contributed by atoms with Crippen molar-refractivity contribution in [1.29, 1.82) is 0 Å². The van der Waals surface area contributed by atoms with Gasteiger partial charge in [0, 0.05) is 24.7 Å². The topological polar surface area (TPSA) is 38.5 Å². The zero-order valence-electron chi connectivity index (χ0n) is 12.0. The second kappa shape index (κ2) is 6.72. The number of rotatable bonds is 6. The van der Waals surface area contributed by atoms with Gasteiger partial charge in [0.25, 0.3) is 0 Å². The van der Waals surface area contributed by atoms with Gasteiger partial charge in [-0.1, -0.05) is 20.8 Å². The van der Waals surface area contributed by atoms with E-state index < -0.39 is 0 Å². The lowest BCUT2D eigenvalue weighted by Crippen LogP contribution is -2.60. The van der Waals surface area contributed by atoms with Crippen molar-refractivity contribution in [3.05, 3.63) is 0 Å². The molecule has 0 aliphatic carbocycles. The predicted octanol–water partition coefficient (Wildman–Crippen LogP) is 2.39. The molecule has 102 valence electrons. The van der Waals surface area contributed by atoms with Gasteiger partial charge < -0.3 is 10.5 Å². The molecule has 1 aliphatic heterocycles. The minimum Gasteiger partial charge on any atom is -0.378 e. The zero-order valence-corrected chi connectivity index (χ0v) is 12.0. The highest BCUT2D eigenvalue weighted by Crippen LogP contribution is 2.33. The lowest BCUT2D eigenvalue weighted by atomic mass is 9.82. The fourth-order valence-electron chi connectivity index (χ4n) is 3.16. The van der Waals surface area contributed by atoms with Crippen molar-refractivity contribution < 1.29 is 4.74 Å². The summed E-state index contributed by atoms with van der Waals surface area (Å²) in [6, 6.07) is 0.610. The molecule has 1 fully saturated rings. The Morgan fingerprint density at radius 2 is 2.12 bits per heavy atom. The maximum atomic E-state index is 6.13. The van der Waals surface area contributed by atoms with Gasteiger partial charge in [-0.3, -0.25) is 4.90 Å². The van der Waals surface area contributed by atoms with Gasteiger partial charge in [0.15, 0.2) is 0 Å². The second-order valence-electron chi connectivity index (χ2n) is 5.33. The SMILES string of the molecule is CCC1CC(CN)(N(CC)C(C)CC)CCO1. The third-order valence-corrected chi connectivity index (χ3v) is 4.44. The molecule has 17 heavy (non-hydrogen) atoms. The summed E-state index contributed by atoms with van der Waals surface area (Å²) in [6.07, 6.45) is 4.86. The first-order valence-corrected chi connectivity index (χ1v) is 7.21. The summed E-state index contributed by atoms with van der Waals surface area (Å²) in [4.78, 5) is 2.61. The summed E-state index contributed by atoms with van der Waals surface area (Å²) >= 11 is 0. The van der Waals surface area contributed by atoms with E-state index in [9.17, 15) is 0 Å². The van der Waals surface area contributed by atoms with Crippen molar-refractivity contribution in [2.24, 2.45) is 5.73 Å². The Hall–Kier alpha value is -0.120. The molecule has 0 aromatic rings. The van der Waals surface area contributed by atoms with Crippen molar-refractivity contribution in [3.8, 4) is 0 Å². The molecule has 0 bridgehead atoms. The van der Waals surface area contributed by atoms with Crippen LogP contribution < -0.4 is 5.73 Å². The molecule has 3 atom stereocenters. The highest BCUT2D eigenvalue weighted by atomic mass is 16.5. The van der Waals surface area contributed by atoms with E-state index in [1.807, 2.05) is 0 Å². The Morgan fingerprint density at radius 1 is 1.41 bits per heavy atom. The molecule has 3 unspecified atom stereocenters. The molecule has 0 saturated carbocycles. The van der Waals surface area contributed by atoms with Crippen molar-refractivity contribution in [1.82, 2.24) is 4.90 Å². The maximum absolute atomic E-state index is 6.13. The second-order valence-corrected chi connectivity index (χ2v) is 5.33. The number of nitrogens with two attached hydrogens (primary N) is 1. The minimum atomic E-state index is 0.170. The lowest BCUT2D eigenvalue weighted by Gasteiger charge is -2.50. The molecule has 3 nitrogen and oxygen atoms in total. The molecule has 1 aliphatic rings. The molecule has 1 rings (SSSR count). The zero-order chi connectivity index (χ0) is 12.9. The fraction of sp³-hybridized carbons (Fsp3) is 1.00. The van der Waals surface area contributed by atoms with E-state index >= 15 is 0 Å². The van der Waals surface area contributed by atoms with Crippen molar-refractivity contribution in [2.45, 2.75) is 71.1 Å². The van der Waals surface area contributed by atoms with Crippen LogP contribution in [0, 0.1) is 0 Å². The van der Waals surface area contributed by atoms with Gasteiger partial charge in [-0.05, 0) is 39.2 Å². The Balaban J connectivity index is 2.84. The van der Waals surface area contributed by atoms with Crippen molar-refractivity contribution in [2.75, 3.05) is 19.7 Å². The molecule has 0 aromatic carbocycles. The molecular formula is C14H30N2O. The Morgan fingerprint density at radius 3 is 2.59 bits per heavy atom. The molecule has 1 heterocycles. The van der Waals surface area contributed by atoms with Crippen LogP contribution in [-0.4, -0.2) is 42.3 Å². The standard InChI is InChI=1S/C14H30N2O/c1-5-12(4)16(7-3)14(11-15)8-9-17-13(6-2)10-14/h12-13H,5-11,15H2,1-4H3. The number of hydrogen-bond donors (Lipinski definition) is 1. The molecule has 1 saturated heterocycles. The van der Waals surface area contributed by atoms with Crippen LogP contribution in [0.2, 0.25) is 0 Å². The van der Waals surface area contributed by atoms with E-state index in [0.717, 1.165) is 39.0 Å². The average Bonchev–Trinajstić information content (AvgIpc) is 2.39. The van der Waals surface area contributed by atoms with Crippen LogP contribution in [0.5, 0.6) is 0 Å². The highest BCUT2D eigenvalue weighted by molar-refractivity contribution is 4.97. The molecule has 3 heteroatoms. The van der Waals surface area contributed by atoms with Gasteiger partial charge in [0.2, 0.25) is 0 Å². The first-order chi connectivity index (χ1) is 8.13. The smallest absolute Gasteiger partial charge is 0.0590 e. The molecular weight excluding hydrogens is 212 g/mol. The number of nitrogens with zero attached hydrogens (tertiary/aromatic N) is 1. The quantitative estimate of drug-likeness (QED) is 0.777. The van der Waals surface area contributed by atoms with E-state index in [1.54, 1.807) is 0 Å². The largest absolute Gasteiger partial charge is 0.378 e.